The van der Waals surface area contributed by atoms with Gasteiger partial charge in [0.15, 0.2) is 0 Å². The first-order chi connectivity index (χ1) is 8.18. The fourth-order valence-corrected chi connectivity index (χ4v) is 3.15. The van der Waals surface area contributed by atoms with Gasteiger partial charge in [-0.15, -0.1) is 0 Å². The lowest BCUT2D eigenvalue weighted by Gasteiger charge is -2.43. The molecule has 1 aliphatic rings. The molecule has 0 spiro atoms. The second kappa shape index (κ2) is 7.34. The van der Waals surface area contributed by atoms with E-state index in [-0.39, 0.29) is 5.54 Å². The van der Waals surface area contributed by atoms with Gasteiger partial charge in [-0.1, -0.05) is 26.7 Å². The number of rotatable bonds is 6. The van der Waals surface area contributed by atoms with Crippen molar-refractivity contribution in [2.24, 2.45) is 11.7 Å². The number of nitrogens with two attached hydrogens (primary N) is 1. The zero-order chi connectivity index (χ0) is 12.7. The lowest BCUT2D eigenvalue weighted by molar-refractivity contribution is 0.0525. The molecule has 0 aromatic rings. The summed E-state index contributed by atoms with van der Waals surface area (Å²) in [7, 11) is 1.78. The molecule has 0 bridgehead atoms. The van der Waals surface area contributed by atoms with Crippen molar-refractivity contribution in [1.82, 2.24) is 4.90 Å². The highest BCUT2D eigenvalue weighted by Gasteiger charge is 2.35. The van der Waals surface area contributed by atoms with Gasteiger partial charge in [-0.3, -0.25) is 4.90 Å². The molecule has 1 fully saturated rings. The summed E-state index contributed by atoms with van der Waals surface area (Å²) < 4.78 is 5.22. The third-order valence-corrected chi connectivity index (χ3v) is 4.44. The molecule has 1 rings (SSSR count). The van der Waals surface area contributed by atoms with E-state index in [2.05, 4.69) is 18.7 Å². The molecule has 102 valence electrons. The number of ether oxygens (including phenoxy) is 1. The second-order valence-electron chi connectivity index (χ2n) is 5.54. The van der Waals surface area contributed by atoms with E-state index < -0.39 is 0 Å². The Labute approximate surface area is 107 Å². The number of nitrogens with zero attached hydrogens (tertiary/aromatic N) is 1. The monoisotopic (exact) mass is 242 g/mol. The lowest BCUT2D eigenvalue weighted by atomic mass is 9.87. The van der Waals surface area contributed by atoms with Gasteiger partial charge in [0.2, 0.25) is 0 Å². The minimum absolute atomic E-state index is 0.234. The minimum atomic E-state index is 0.234. The van der Waals surface area contributed by atoms with Crippen LogP contribution in [-0.2, 0) is 4.74 Å². The summed E-state index contributed by atoms with van der Waals surface area (Å²) in [6, 6.07) is 0. The molecule has 0 aliphatic heterocycles. The van der Waals surface area contributed by atoms with Crippen LogP contribution in [0.25, 0.3) is 0 Å². The number of methoxy groups -OCH3 is 1. The van der Waals surface area contributed by atoms with Crippen LogP contribution in [0.15, 0.2) is 0 Å². The molecule has 3 nitrogen and oxygen atoms in total. The van der Waals surface area contributed by atoms with Gasteiger partial charge < -0.3 is 10.5 Å². The van der Waals surface area contributed by atoms with Gasteiger partial charge in [-0.25, -0.2) is 0 Å². The minimum Gasteiger partial charge on any atom is -0.383 e. The van der Waals surface area contributed by atoms with Crippen molar-refractivity contribution in [3.05, 3.63) is 0 Å². The van der Waals surface area contributed by atoms with Crippen molar-refractivity contribution in [3.8, 4) is 0 Å². The number of hydrogen-bond donors (Lipinski definition) is 1. The Morgan fingerprint density at radius 2 is 2.12 bits per heavy atom. The molecule has 0 radical (unpaired) electrons. The van der Waals surface area contributed by atoms with E-state index >= 15 is 0 Å². The van der Waals surface area contributed by atoms with Crippen LogP contribution in [0.5, 0.6) is 0 Å². The molecule has 2 unspecified atom stereocenters. The van der Waals surface area contributed by atoms with E-state index in [4.69, 9.17) is 10.5 Å². The van der Waals surface area contributed by atoms with E-state index in [0.717, 1.165) is 32.2 Å². The molecule has 0 heterocycles. The molecule has 1 aliphatic carbocycles. The summed E-state index contributed by atoms with van der Waals surface area (Å²) in [6.45, 7) is 8.30. The normalized spacial score (nSPS) is 30.5. The van der Waals surface area contributed by atoms with Gasteiger partial charge in [-0.05, 0) is 31.7 Å². The molecule has 0 aromatic heterocycles. The highest BCUT2D eigenvalue weighted by molar-refractivity contribution is 4.93. The van der Waals surface area contributed by atoms with E-state index in [1.807, 2.05) is 0 Å². The summed E-state index contributed by atoms with van der Waals surface area (Å²) in [6.07, 6.45) is 6.51. The van der Waals surface area contributed by atoms with Gasteiger partial charge in [0.25, 0.3) is 0 Å². The van der Waals surface area contributed by atoms with Crippen molar-refractivity contribution in [2.45, 2.75) is 51.5 Å². The zero-order valence-corrected chi connectivity index (χ0v) is 11.9. The van der Waals surface area contributed by atoms with Crippen molar-refractivity contribution in [2.75, 3.05) is 33.4 Å². The largest absolute Gasteiger partial charge is 0.383 e. The molecule has 0 amide bonds. The van der Waals surface area contributed by atoms with E-state index in [1.165, 1.54) is 32.1 Å². The van der Waals surface area contributed by atoms with Crippen LogP contribution in [-0.4, -0.2) is 43.8 Å². The Bertz CT molecular complexity index is 210. The van der Waals surface area contributed by atoms with Gasteiger partial charge >= 0.3 is 0 Å². The maximum absolute atomic E-state index is 6.12. The fourth-order valence-electron chi connectivity index (χ4n) is 3.15. The van der Waals surface area contributed by atoms with Crippen molar-refractivity contribution >= 4 is 0 Å². The topological polar surface area (TPSA) is 38.5 Å². The smallest absolute Gasteiger partial charge is 0.0589 e. The van der Waals surface area contributed by atoms with Crippen LogP contribution in [0.1, 0.15) is 46.0 Å². The third kappa shape index (κ3) is 3.94. The summed E-state index contributed by atoms with van der Waals surface area (Å²) >= 11 is 0. The van der Waals surface area contributed by atoms with Crippen molar-refractivity contribution in [1.29, 1.82) is 0 Å². The Balaban J connectivity index is 2.69. The summed E-state index contributed by atoms with van der Waals surface area (Å²) in [4.78, 5) is 2.55. The predicted molar refractivity (Wildman–Crippen MR) is 73.2 cm³/mol. The molecular weight excluding hydrogens is 212 g/mol. The number of likely N-dealkylation sites (N-methyl/N-ethyl adjacent to an activating group) is 1. The Morgan fingerprint density at radius 1 is 1.35 bits per heavy atom. The standard InChI is InChI=1S/C14H30N2O/c1-4-16(10-11-17-3)14(12-15)8-5-6-13(2)7-9-14/h13H,4-12,15H2,1-3H3. The second-order valence-corrected chi connectivity index (χ2v) is 5.54. The molecular formula is C14H30N2O. The predicted octanol–water partition coefficient (Wildman–Crippen LogP) is 2.25. The highest BCUT2D eigenvalue weighted by Crippen LogP contribution is 2.34. The van der Waals surface area contributed by atoms with E-state index in [0.29, 0.717) is 0 Å². The van der Waals surface area contributed by atoms with Crippen LogP contribution in [0, 0.1) is 5.92 Å². The summed E-state index contributed by atoms with van der Waals surface area (Å²) in [5.74, 6) is 0.865. The third-order valence-electron chi connectivity index (χ3n) is 4.44. The molecule has 17 heavy (non-hydrogen) atoms. The SMILES string of the molecule is CCN(CCOC)C1(CN)CCCC(C)CC1. The molecule has 2 N–H and O–H groups in total. The molecule has 2 atom stereocenters. The van der Waals surface area contributed by atoms with Crippen molar-refractivity contribution < 1.29 is 4.74 Å². The Kier molecular flexibility index (Phi) is 6.45. The van der Waals surface area contributed by atoms with Crippen LogP contribution in [0.4, 0.5) is 0 Å². The lowest BCUT2D eigenvalue weighted by Crippen LogP contribution is -2.54. The first-order valence-corrected chi connectivity index (χ1v) is 7.12. The highest BCUT2D eigenvalue weighted by atomic mass is 16.5. The van der Waals surface area contributed by atoms with Gasteiger partial charge in [0.1, 0.15) is 0 Å². The first-order valence-electron chi connectivity index (χ1n) is 7.12. The van der Waals surface area contributed by atoms with Gasteiger partial charge in [0, 0.05) is 25.7 Å². The molecule has 0 saturated heterocycles. The Hall–Kier alpha value is -0.120. The van der Waals surface area contributed by atoms with Gasteiger partial charge in [-0.2, -0.15) is 0 Å². The first kappa shape index (κ1) is 14.9. The van der Waals surface area contributed by atoms with Crippen LogP contribution in [0.2, 0.25) is 0 Å². The van der Waals surface area contributed by atoms with Crippen molar-refractivity contribution in [3.63, 3.8) is 0 Å². The van der Waals surface area contributed by atoms with Crippen LogP contribution in [0.3, 0.4) is 0 Å². The van der Waals surface area contributed by atoms with E-state index in [1.54, 1.807) is 7.11 Å². The number of hydrogen-bond acceptors (Lipinski definition) is 3. The average Bonchev–Trinajstić information content (AvgIpc) is 2.53. The Morgan fingerprint density at radius 3 is 2.71 bits per heavy atom. The summed E-state index contributed by atoms with van der Waals surface area (Å²) in [5, 5.41) is 0. The van der Waals surface area contributed by atoms with Crippen LogP contribution < -0.4 is 5.73 Å². The maximum Gasteiger partial charge on any atom is 0.0589 e. The zero-order valence-electron chi connectivity index (χ0n) is 11.9. The fraction of sp³-hybridized carbons (Fsp3) is 1.00. The molecule has 1 saturated carbocycles. The van der Waals surface area contributed by atoms with Gasteiger partial charge in [0.05, 0.1) is 6.61 Å². The molecule has 0 aromatic carbocycles. The average molecular weight is 242 g/mol. The van der Waals surface area contributed by atoms with Crippen LogP contribution >= 0.6 is 0 Å². The quantitative estimate of drug-likeness (QED) is 0.726. The summed E-state index contributed by atoms with van der Waals surface area (Å²) in [5.41, 5.74) is 6.35. The van der Waals surface area contributed by atoms with E-state index in [9.17, 15) is 0 Å². The maximum atomic E-state index is 6.12. The molecule has 3 heteroatoms.